The summed E-state index contributed by atoms with van der Waals surface area (Å²) in [6, 6.07) is 6.48. The number of hydrogen-bond donors (Lipinski definition) is 1. The van der Waals surface area contributed by atoms with E-state index in [1.54, 1.807) is 26.1 Å². The van der Waals surface area contributed by atoms with Crippen LogP contribution in [-0.4, -0.2) is 35.4 Å². The highest BCUT2D eigenvalue weighted by molar-refractivity contribution is 6.33. The van der Waals surface area contributed by atoms with Crippen molar-refractivity contribution in [3.05, 3.63) is 52.1 Å². The fourth-order valence-corrected chi connectivity index (χ4v) is 3.62. The van der Waals surface area contributed by atoms with Crippen molar-refractivity contribution in [3.63, 3.8) is 0 Å². The van der Waals surface area contributed by atoms with Gasteiger partial charge in [-0.05, 0) is 37.5 Å². The maximum atomic E-state index is 13.3. The predicted octanol–water partition coefficient (Wildman–Crippen LogP) is 3.00. The fourth-order valence-electron chi connectivity index (χ4n) is 3.36. The first kappa shape index (κ1) is 17.9. The lowest BCUT2D eigenvalue weighted by Gasteiger charge is -2.38. The summed E-state index contributed by atoms with van der Waals surface area (Å²) in [4.78, 5) is 12.6. The Labute approximate surface area is 151 Å². The Kier molecular flexibility index (Phi) is 5.11. The van der Waals surface area contributed by atoms with Crippen LogP contribution in [0.4, 0.5) is 4.39 Å². The molecule has 0 aliphatic carbocycles. The summed E-state index contributed by atoms with van der Waals surface area (Å²) in [5.74, 6) is -0.517. The number of hydrogen-bond acceptors (Lipinski definition) is 3. The summed E-state index contributed by atoms with van der Waals surface area (Å²) < 4.78 is 20.3. The Morgan fingerprint density at radius 3 is 2.56 bits per heavy atom. The number of aromatic nitrogens is 2. The van der Waals surface area contributed by atoms with Gasteiger partial charge in [-0.25, -0.2) is 4.39 Å². The van der Waals surface area contributed by atoms with E-state index in [-0.39, 0.29) is 17.1 Å². The van der Waals surface area contributed by atoms with E-state index in [9.17, 15) is 9.18 Å². The number of benzene rings is 1. The van der Waals surface area contributed by atoms with E-state index in [1.807, 2.05) is 0 Å². The minimum atomic E-state index is -0.274. The Hall–Kier alpha value is -1.92. The molecule has 5 nitrogen and oxygen atoms in total. The second kappa shape index (κ2) is 7.14. The molecule has 1 saturated heterocycles. The second-order valence-electron chi connectivity index (χ2n) is 6.46. The number of carbonyl (C=O) groups is 1. The van der Waals surface area contributed by atoms with Crippen molar-refractivity contribution in [3.8, 4) is 0 Å². The van der Waals surface area contributed by atoms with Gasteiger partial charge < -0.3 is 10.1 Å². The van der Waals surface area contributed by atoms with E-state index in [0.29, 0.717) is 36.2 Å². The highest BCUT2D eigenvalue weighted by atomic mass is 35.5. The zero-order valence-electron chi connectivity index (χ0n) is 14.3. The molecular weight excluding hydrogens is 345 g/mol. The first-order chi connectivity index (χ1) is 11.9. The molecule has 0 atom stereocenters. The number of rotatable bonds is 4. The molecule has 1 aromatic heterocycles. The summed E-state index contributed by atoms with van der Waals surface area (Å²) in [5.41, 5.74) is 1.72. The number of carbonyl (C=O) groups excluding carboxylic acids is 1. The van der Waals surface area contributed by atoms with Crippen molar-refractivity contribution in [1.29, 1.82) is 0 Å². The van der Waals surface area contributed by atoms with Crippen LogP contribution in [0.5, 0.6) is 0 Å². The van der Waals surface area contributed by atoms with Crippen molar-refractivity contribution < 1.29 is 13.9 Å². The van der Waals surface area contributed by atoms with E-state index in [4.69, 9.17) is 16.3 Å². The van der Waals surface area contributed by atoms with Crippen molar-refractivity contribution in [2.24, 2.45) is 7.05 Å². The third-order valence-electron chi connectivity index (χ3n) is 4.87. The average molecular weight is 366 g/mol. The van der Waals surface area contributed by atoms with Crippen molar-refractivity contribution in [2.75, 3.05) is 19.8 Å². The van der Waals surface area contributed by atoms with Crippen LogP contribution in [-0.2, 0) is 17.2 Å². The summed E-state index contributed by atoms with van der Waals surface area (Å²) in [6.45, 7) is 3.41. The third-order valence-corrected chi connectivity index (χ3v) is 5.31. The van der Waals surface area contributed by atoms with Gasteiger partial charge in [-0.15, -0.1) is 0 Å². The molecule has 0 spiro atoms. The fraction of sp³-hybridized carbons (Fsp3) is 0.444. The molecule has 1 amide bonds. The molecule has 0 radical (unpaired) electrons. The predicted molar refractivity (Wildman–Crippen MR) is 93.4 cm³/mol. The standard InChI is InChI=1S/C18H21ClFN3O2/c1-12-15(16(19)23(2)22-12)17(24)21-11-18(7-9-25-10-8-18)13-3-5-14(20)6-4-13/h3-6H,7-11H2,1-2H3,(H,21,24). The number of halogens is 2. The molecule has 2 heterocycles. The first-order valence-corrected chi connectivity index (χ1v) is 8.62. The Balaban J connectivity index is 1.81. The van der Waals surface area contributed by atoms with Gasteiger partial charge in [0.25, 0.3) is 5.91 Å². The minimum Gasteiger partial charge on any atom is -0.381 e. The van der Waals surface area contributed by atoms with Gasteiger partial charge in [0.2, 0.25) is 0 Å². The van der Waals surface area contributed by atoms with Crippen LogP contribution in [0.2, 0.25) is 5.15 Å². The normalized spacial score (nSPS) is 16.6. The molecule has 1 aliphatic heterocycles. The number of aryl methyl sites for hydroxylation is 2. The van der Waals surface area contributed by atoms with Gasteiger partial charge in [-0.1, -0.05) is 23.7 Å². The quantitative estimate of drug-likeness (QED) is 0.906. The van der Waals surface area contributed by atoms with Crippen LogP contribution in [0.25, 0.3) is 0 Å². The Bertz CT molecular complexity index is 767. The molecule has 7 heteroatoms. The molecule has 0 bridgehead atoms. The number of nitrogens with zero attached hydrogens (tertiary/aromatic N) is 2. The molecule has 25 heavy (non-hydrogen) atoms. The van der Waals surface area contributed by atoms with E-state index in [1.165, 1.54) is 16.8 Å². The number of amides is 1. The molecule has 134 valence electrons. The molecule has 1 aromatic carbocycles. The van der Waals surface area contributed by atoms with Crippen molar-refractivity contribution in [1.82, 2.24) is 15.1 Å². The lowest BCUT2D eigenvalue weighted by Crippen LogP contribution is -2.44. The number of nitrogens with one attached hydrogen (secondary N) is 1. The van der Waals surface area contributed by atoms with E-state index in [2.05, 4.69) is 10.4 Å². The first-order valence-electron chi connectivity index (χ1n) is 8.24. The Morgan fingerprint density at radius 1 is 1.36 bits per heavy atom. The maximum absolute atomic E-state index is 13.3. The van der Waals surface area contributed by atoms with E-state index < -0.39 is 0 Å². The van der Waals surface area contributed by atoms with Gasteiger partial charge in [0, 0.05) is 32.2 Å². The molecule has 1 N–H and O–H groups in total. The van der Waals surface area contributed by atoms with Gasteiger partial charge in [-0.2, -0.15) is 5.10 Å². The third kappa shape index (κ3) is 3.55. The highest BCUT2D eigenvalue weighted by Gasteiger charge is 2.35. The SMILES string of the molecule is Cc1nn(C)c(Cl)c1C(=O)NCC1(c2ccc(F)cc2)CCOCC1. The molecule has 2 aromatic rings. The molecule has 0 saturated carbocycles. The summed E-state index contributed by atoms with van der Waals surface area (Å²) in [7, 11) is 1.70. The molecular formula is C18H21ClFN3O2. The molecule has 1 aliphatic rings. The zero-order valence-corrected chi connectivity index (χ0v) is 15.1. The van der Waals surface area contributed by atoms with Crippen LogP contribution in [0.3, 0.4) is 0 Å². The minimum absolute atomic E-state index is 0.247. The lowest BCUT2D eigenvalue weighted by molar-refractivity contribution is 0.0487. The van der Waals surface area contributed by atoms with Crippen LogP contribution < -0.4 is 5.32 Å². The average Bonchev–Trinajstić information content (AvgIpc) is 2.86. The van der Waals surface area contributed by atoms with Crippen LogP contribution in [0.15, 0.2) is 24.3 Å². The Morgan fingerprint density at radius 2 is 2.00 bits per heavy atom. The summed E-state index contributed by atoms with van der Waals surface area (Å²) >= 11 is 6.18. The van der Waals surface area contributed by atoms with Gasteiger partial charge in [-0.3, -0.25) is 9.48 Å². The zero-order chi connectivity index (χ0) is 18.0. The van der Waals surface area contributed by atoms with Crippen LogP contribution in [0.1, 0.15) is 34.5 Å². The van der Waals surface area contributed by atoms with Gasteiger partial charge >= 0.3 is 0 Å². The largest absolute Gasteiger partial charge is 0.381 e. The maximum Gasteiger partial charge on any atom is 0.256 e. The van der Waals surface area contributed by atoms with Gasteiger partial charge in [0.15, 0.2) is 0 Å². The van der Waals surface area contributed by atoms with E-state index >= 15 is 0 Å². The molecule has 1 fully saturated rings. The smallest absolute Gasteiger partial charge is 0.256 e. The van der Waals surface area contributed by atoms with Crippen molar-refractivity contribution in [2.45, 2.75) is 25.2 Å². The second-order valence-corrected chi connectivity index (χ2v) is 6.82. The summed E-state index contributed by atoms with van der Waals surface area (Å²) in [5, 5.41) is 7.48. The monoisotopic (exact) mass is 365 g/mol. The van der Waals surface area contributed by atoms with Gasteiger partial charge in [0.1, 0.15) is 11.0 Å². The van der Waals surface area contributed by atoms with Gasteiger partial charge in [0.05, 0.1) is 11.3 Å². The van der Waals surface area contributed by atoms with E-state index in [0.717, 1.165) is 18.4 Å². The molecule has 3 rings (SSSR count). The van der Waals surface area contributed by atoms with Crippen LogP contribution >= 0.6 is 11.6 Å². The topological polar surface area (TPSA) is 56.2 Å². The van der Waals surface area contributed by atoms with Crippen molar-refractivity contribution >= 4 is 17.5 Å². The lowest BCUT2D eigenvalue weighted by atomic mass is 9.74. The summed E-state index contributed by atoms with van der Waals surface area (Å²) in [6.07, 6.45) is 1.53. The molecule has 0 unspecified atom stereocenters. The number of ether oxygens (including phenoxy) is 1. The van der Waals surface area contributed by atoms with Crippen LogP contribution in [0, 0.1) is 12.7 Å². The highest BCUT2D eigenvalue weighted by Crippen LogP contribution is 2.34.